The van der Waals surface area contributed by atoms with Gasteiger partial charge in [-0.05, 0) is 29.0 Å². The largest absolute Gasteiger partial charge is 0.465 e. The maximum absolute atomic E-state index is 13.5. The van der Waals surface area contributed by atoms with E-state index in [0.29, 0.717) is 34.5 Å². The molecule has 0 radical (unpaired) electrons. The maximum Gasteiger partial charge on any atom is 0.412 e. The number of aromatic nitrogens is 2. The second-order valence-corrected chi connectivity index (χ2v) is 7.84. The van der Waals surface area contributed by atoms with E-state index in [1.54, 1.807) is 16.8 Å². The van der Waals surface area contributed by atoms with Crippen molar-refractivity contribution in [1.29, 1.82) is 0 Å². The number of pyridine rings is 1. The Morgan fingerprint density at radius 1 is 1.13 bits per heavy atom. The Morgan fingerprint density at radius 2 is 1.87 bits per heavy atom. The third kappa shape index (κ3) is 3.70. The first-order chi connectivity index (χ1) is 14.9. The van der Waals surface area contributed by atoms with Crippen LogP contribution in [0, 0.1) is 5.92 Å². The molecule has 7 nitrogen and oxygen atoms in total. The molecule has 4 rings (SSSR count). The molecule has 0 unspecified atom stereocenters. The molecule has 0 aliphatic rings. The molecule has 0 aliphatic heterocycles. The number of hydrogen-bond acceptors (Lipinski definition) is 4. The van der Waals surface area contributed by atoms with Gasteiger partial charge in [-0.15, -0.1) is 0 Å². The minimum Gasteiger partial charge on any atom is -0.465 e. The Balaban J connectivity index is 2.17. The summed E-state index contributed by atoms with van der Waals surface area (Å²) < 4.78 is 7.00. The lowest BCUT2D eigenvalue weighted by Crippen LogP contribution is -2.34. The van der Waals surface area contributed by atoms with Gasteiger partial charge in [-0.2, -0.15) is 0 Å². The zero-order valence-corrected chi connectivity index (χ0v) is 17.6. The lowest BCUT2D eigenvalue weighted by molar-refractivity contribution is 0.203. The number of amides is 1. The van der Waals surface area contributed by atoms with Crippen LogP contribution >= 0.6 is 0 Å². The number of fused-ring (bicyclic) bond motifs is 1. The molecule has 0 saturated heterocycles. The van der Waals surface area contributed by atoms with Crippen molar-refractivity contribution in [2.75, 3.05) is 11.9 Å². The number of oxazole rings is 1. The predicted octanol–water partition coefficient (Wildman–Crippen LogP) is 5.09. The molecule has 31 heavy (non-hydrogen) atoms. The standard InChI is InChI=1S/C24H23N3O4/c1-15(2)13-27-22(26(3)24(29)30)21(16-7-5-4-6-8-16)19-11-17(20-12-25-14-31-20)9-10-18(19)23(27)28/h4-12,14-15H,13H2,1-3H3,(H,29,30). The van der Waals surface area contributed by atoms with Crippen LogP contribution in [0.5, 0.6) is 0 Å². The topological polar surface area (TPSA) is 88.6 Å². The first-order valence-corrected chi connectivity index (χ1v) is 10.00. The van der Waals surface area contributed by atoms with Gasteiger partial charge in [0.1, 0.15) is 5.82 Å². The van der Waals surface area contributed by atoms with Crippen LogP contribution < -0.4 is 10.5 Å². The van der Waals surface area contributed by atoms with Gasteiger partial charge in [-0.3, -0.25) is 14.3 Å². The van der Waals surface area contributed by atoms with Gasteiger partial charge >= 0.3 is 6.09 Å². The molecule has 0 saturated carbocycles. The van der Waals surface area contributed by atoms with Gasteiger partial charge < -0.3 is 9.52 Å². The summed E-state index contributed by atoms with van der Waals surface area (Å²) in [6.45, 7) is 4.39. The van der Waals surface area contributed by atoms with Crippen molar-refractivity contribution in [3.05, 3.63) is 71.5 Å². The SMILES string of the molecule is CC(C)Cn1c(N(C)C(=O)O)c(-c2ccccc2)c2cc(-c3cnco3)ccc2c1=O. The fourth-order valence-electron chi connectivity index (χ4n) is 3.81. The zero-order valence-electron chi connectivity index (χ0n) is 17.6. The third-order valence-electron chi connectivity index (χ3n) is 5.18. The van der Waals surface area contributed by atoms with E-state index in [0.717, 1.165) is 16.0 Å². The van der Waals surface area contributed by atoms with Crippen molar-refractivity contribution in [3.8, 4) is 22.5 Å². The average molecular weight is 417 g/mol. The van der Waals surface area contributed by atoms with Crippen molar-refractivity contribution in [2.45, 2.75) is 20.4 Å². The fraction of sp³-hybridized carbons (Fsp3) is 0.208. The van der Waals surface area contributed by atoms with Crippen LogP contribution in [0.15, 0.2) is 70.3 Å². The molecule has 0 aliphatic carbocycles. The Labute approximate surface area is 179 Å². The van der Waals surface area contributed by atoms with Crippen LogP contribution in [0.4, 0.5) is 10.6 Å². The van der Waals surface area contributed by atoms with Crippen molar-refractivity contribution in [3.63, 3.8) is 0 Å². The molecule has 0 spiro atoms. The van der Waals surface area contributed by atoms with Crippen molar-refractivity contribution < 1.29 is 14.3 Å². The smallest absolute Gasteiger partial charge is 0.412 e. The van der Waals surface area contributed by atoms with E-state index in [2.05, 4.69) is 4.98 Å². The predicted molar refractivity (Wildman–Crippen MR) is 120 cm³/mol. The van der Waals surface area contributed by atoms with E-state index >= 15 is 0 Å². The summed E-state index contributed by atoms with van der Waals surface area (Å²) in [5.41, 5.74) is 2.03. The Morgan fingerprint density at radius 3 is 2.48 bits per heavy atom. The normalized spacial score (nSPS) is 11.2. The van der Waals surface area contributed by atoms with Gasteiger partial charge in [0.2, 0.25) is 0 Å². The van der Waals surface area contributed by atoms with Gasteiger partial charge in [-0.25, -0.2) is 9.78 Å². The van der Waals surface area contributed by atoms with Crippen molar-refractivity contribution >= 4 is 22.7 Å². The minimum absolute atomic E-state index is 0.146. The molecule has 1 amide bonds. The second kappa shape index (κ2) is 8.10. The summed E-state index contributed by atoms with van der Waals surface area (Å²) in [6, 6.07) is 15.0. The summed E-state index contributed by atoms with van der Waals surface area (Å²) in [4.78, 5) is 30.6. The van der Waals surface area contributed by atoms with E-state index in [-0.39, 0.29) is 11.5 Å². The molecule has 7 heteroatoms. The number of anilines is 1. The average Bonchev–Trinajstić information content (AvgIpc) is 3.30. The highest BCUT2D eigenvalue weighted by molar-refractivity contribution is 6.05. The molecule has 0 fully saturated rings. The van der Waals surface area contributed by atoms with Crippen LogP contribution in [-0.2, 0) is 6.54 Å². The summed E-state index contributed by atoms with van der Waals surface area (Å²) in [5.74, 6) is 1.06. The van der Waals surface area contributed by atoms with E-state index in [9.17, 15) is 14.7 Å². The number of carboxylic acid groups (broad SMARTS) is 1. The van der Waals surface area contributed by atoms with E-state index < -0.39 is 6.09 Å². The molecule has 4 aromatic rings. The van der Waals surface area contributed by atoms with Crippen LogP contribution in [0.3, 0.4) is 0 Å². The summed E-state index contributed by atoms with van der Waals surface area (Å²) in [7, 11) is 1.46. The first-order valence-electron chi connectivity index (χ1n) is 10.00. The van der Waals surface area contributed by atoms with Gasteiger partial charge in [0, 0.05) is 30.1 Å². The van der Waals surface area contributed by atoms with Crippen LogP contribution in [-0.4, -0.2) is 27.8 Å². The molecule has 2 aromatic heterocycles. The molecule has 0 atom stereocenters. The number of nitrogens with zero attached hydrogens (tertiary/aromatic N) is 3. The van der Waals surface area contributed by atoms with Crippen LogP contribution in [0.1, 0.15) is 13.8 Å². The monoisotopic (exact) mass is 417 g/mol. The Bertz CT molecular complexity index is 1290. The van der Waals surface area contributed by atoms with Gasteiger partial charge in [0.05, 0.1) is 6.20 Å². The highest BCUT2D eigenvalue weighted by Crippen LogP contribution is 2.38. The molecule has 2 heterocycles. The highest BCUT2D eigenvalue weighted by atomic mass is 16.4. The maximum atomic E-state index is 13.5. The first kappa shape index (κ1) is 20.4. The van der Waals surface area contributed by atoms with Crippen molar-refractivity contribution in [2.24, 2.45) is 5.92 Å². The van der Waals surface area contributed by atoms with E-state index in [1.807, 2.05) is 56.3 Å². The fourth-order valence-corrected chi connectivity index (χ4v) is 3.81. The quantitative estimate of drug-likeness (QED) is 0.488. The van der Waals surface area contributed by atoms with E-state index in [4.69, 9.17) is 4.42 Å². The Hall–Kier alpha value is -3.87. The van der Waals surface area contributed by atoms with Crippen molar-refractivity contribution in [1.82, 2.24) is 9.55 Å². The number of carbonyl (C=O) groups is 1. The summed E-state index contributed by atoms with van der Waals surface area (Å²) in [6.07, 6.45) is 1.81. The lowest BCUT2D eigenvalue weighted by Gasteiger charge is -2.26. The molecular formula is C24H23N3O4. The molecule has 0 bridgehead atoms. The number of rotatable bonds is 5. The summed E-state index contributed by atoms with van der Waals surface area (Å²) in [5, 5.41) is 11.0. The van der Waals surface area contributed by atoms with Gasteiger partial charge in [-0.1, -0.05) is 50.2 Å². The summed E-state index contributed by atoms with van der Waals surface area (Å²) >= 11 is 0. The molecule has 1 N–H and O–H groups in total. The number of benzene rings is 2. The van der Waals surface area contributed by atoms with Crippen LogP contribution in [0.25, 0.3) is 33.2 Å². The van der Waals surface area contributed by atoms with Gasteiger partial charge in [0.25, 0.3) is 5.56 Å². The van der Waals surface area contributed by atoms with Gasteiger partial charge in [0.15, 0.2) is 12.2 Å². The Kier molecular flexibility index (Phi) is 5.33. The third-order valence-corrected chi connectivity index (χ3v) is 5.18. The molecular weight excluding hydrogens is 394 g/mol. The highest BCUT2D eigenvalue weighted by Gasteiger charge is 2.24. The lowest BCUT2D eigenvalue weighted by atomic mass is 9.96. The van der Waals surface area contributed by atoms with Crippen LogP contribution in [0.2, 0.25) is 0 Å². The minimum atomic E-state index is -1.14. The second-order valence-electron chi connectivity index (χ2n) is 7.84. The molecule has 2 aromatic carbocycles. The van der Waals surface area contributed by atoms with E-state index in [1.165, 1.54) is 13.4 Å². The molecule has 158 valence electrons. The number of hydrogen-bond donors (Lipinski definition) is 1. The zero-order chi connectivity index (χ0) is 22.1.